The summed E-state index contributed by atoms with van der Waals surface area (Å²) in [6, 6.07) is 0. The van der Waals surface area contributed by atoms with Crippen molar-refractivity contribution in [2.45, 2.75) is 46.0 Å². The molecule has 134 valence electrons. The molecule has 1 aromatic heterocycles. The number of carbonyl (C=O) groups excluding carboxylic acids is 3. The van der Waals surface area contributed by atoms with E-state index >= 15 is 0 Å². The Morgan fingerprint density at radius 3 is 2.38 bits per heavy atom. The van der Waals surface area contributed by atoms with Crippen LogP contribution in [0.5, 0.6) is 0 Å². The number of nitrogens with one attached hydrogen (secondary N) is 1. The number of methoxy groups -OCH3 is 1. The number of unbranched alkanes of at least 4 members (excludes halogenated alkanes) is 3. The lowest BCUT2D eigenvalue weighted by Gasteiger charge is -2.08. The molecule has 24 heavy (non-hydrogen) atoms. The third-order valence-corrected chi connectivity index (χ3v) is 4.84. The van der Waals surface area contributed by atoms with Crippen LogP contribution in [0.25, 0.3) is 0 Å². The van der Waals surface area contributed by atoms with Crippen molar-refractivity contribution in [3.05, 3.63) is 16.0 Å². The summed E-state index contributed by atoms with van der Waals surface area (Å²) in [6.45, 7) is 3.80. The van der Waals surface area contributed by atoms with Crippen molar-refractivity contribution in [1.29, 1.82) is 0 Å². The van der Waals surface area contributed by atoms with Crippen LogP contribution in [-0.4, -0.2) is 43.9 Å². The zero-order valence-electron chi connectivity index (χ0n) is 15.0. The van der Waals surface area contributed by atoms with Gasteiger partial charge in [0.15, 0.2) is 0 Å². The van der Waals surface area contributed by atoms with E-state index in [4.69, 9.17) is 4.74 Å². The Morgan fingerprint density at radius 2 is 1.83 bits per heavy atom. The first-order valence-electron chi connectivity index (χ1n) is 8.06. The molecule has 6 nitrogen and oxygen atoms in total. The molecule has 1 rings (SSSR count). The van der Waals surface area contributed by atoms with E-state index in [-0.39, 0.29) is 17.4 Å². The molecule has 0 aliphatic heterocycles. The van der Waals surface area contributed by atoms with E-state index in [0.29, 0.717) is 21.9 Å². The van der Waals surface area contributed by atoms with Gasteiger partial charge in [-0.1, -0.05) is 26.2 Å². The highest BCUT2D eigenvalue weighted by Gasteiger charge is 2.26. The van der Waals surface area contributed by atoms with Gasteiger partial charge >= 0.3 is 5.97 Å². The second-order valence-corrected chi connectivity index (χ2v) is 6.83. The molecule has 0 bridgehead atoms. The largest absolute Gasteiger partial charge is 0.465 e. The normalized spacial score (nSPS) is 10.4. The zero-order chi connectivity index (χ0) is 18.3. The van der Waals surface area contributed by atoms with Crippen molar-refractivity contribution in [2.75, 3.05) is 26.5 Å². The number of carbonyl (C=O) groups is 3. The van der Waals surface area contributed by atoms with Crippen molar-refractivity contribution in [3.63, 3.8) is 0 Å². The molecule has 2 amide bonds. The average molecular weight is 354 g/mol. The molecule has 0 atom stereocenters. The number of anilines is 1. The average Bonchev–Trinajstić information content (AvgIpc) is 2.86. The third kappa shape index (κ3) is 5.06. The van der Waals surface area contributed by atoms with Crippen LogP contribution < -0.4 is 5.32 Å². The van der Waals surface area contributed by atoms with Crippen LogP contribution in [0.15, 0.2) is 0 Å². The topological polar surface area (TPSA) is 75.7 Å². The van der Waals surface area contributed by atoms with Gasteiger partial charge in [0.2, 0.25) is 5.91 Å². The fourth-order valence-corrected chi connectivity index (χ4v) is 3.49. The number of rotatable bonds is 8. The fraction of sp³-hybridized carbons (Fsp3) is 0.588. The fourth-order valence-electron chi connectivity index (χ4n) is 2.26. The van der Waals surface area contributed by atoms with Gasteiger partial charge in [0.25, 0.3) is 5.91 Å². The summed E-state index contributed by atoms with van der Waals surface area (Å²) in [7, 11) is 4.57. The van der Waals surface area contributed by atoms with Gasteiger partial charge in [-0.25, -0.2) is 4.79 Å². The van der Waals surface area contributed by atoms with Gasteiger partial charge in [-0.3, -0.25) is 9.59 Å². The van der Waals surface area contributed by atoms with Crippen LogP contribution in [-0.2, 0) is 9.53 Å². The number of esters is 1. The molecule has 1 N–H and O–H groups in total. The summed E-state index contributed by atoms with van der Waals surface area (Å²) in [5.74, 6) is -0.907. The van der Waals surface area contributed by atoms with Gasteiger partial charge in [0.1, 0.15) is 5.00 Å². The number of ether oxygens (including phenoxy) is 1. The Bertz CT molecular complexity index is 608. The second kappa shape index (κ2) is 9.42. The number of hydrogen-bond acceptors (Lipinski definition) is 5. The van der Waals surface area contributed by atoms with Gasteiger partial charge in [-0.15, -0.1) is 11.3 Å². The number of hydrogen-bond donors (Lipinski definition) is 1. The highest BCUT2D eigenvalue weighted by atomic mass is 32.1. The van der Waals surface area contributed by atoms with Gasteiger partial charge in [-0.05, 0) is 18.9 Å². The van der Waals surface area contributed by atoms with Crippen molar-refractivity contribution in [3.8, 4) is 0 Å². The molecule has 0 saturated carbocycles. The van der Waals surface area contributed by atoms with Crippen LogP contribution in [0.1, 0.15) is 64.6 Å². The minimum Gasteiger partial charge on any atom is -0.465 e. The molecule has 0 aromatic carbocycles. The highest BCUT2D eigenvalue weighted by Crippen LogP contribution is 2.34. The SMILES string of the molecule is CCCCCCC(=O)Nc1sc(C(=O)N(C)C)c(C)c1C(=O)OC. The lowest BCUT2D eigenvalue weighted by atomic mass is 10.1. The van der Waals surface area contributed by atoms with Crippen molar-refractivity contribution < 1.29 is 19.1 Å². The first-order chi connectivity index (χ1) is 11.3. The number of thiophene rings is 1. The van der Waals surface area contributed by atoms with Crippen molar-refractivity contribution in [2.24, 2.45) is 0 Å². The molecular weight excluding hydrogens is 328 g/mol. The number of nitrogens with zero attached hydrogens (tertiary/aromatic N) is 1. The summed E-state index contributed by atoms with van der Waals surface area (Å²) in [6.07, 6.45) is 4.41. The molecule has 0 spiro atoms. The standard InChI is InChI=1S/C17H26N2O4S/c1-6-7-8-9-10-12(20)18-15-13(17(22)23-5)11(2)14(24-15)16(21)19(3)4/h6-10H2,1-5H3,(H,18,20). The first-order valence-corrected chi connectivity index (χ1v) is 8.88. The molecule has 0 radical (unpaired) electrons. The quantitative estimate of drug-likeness (QED) is 0.573. The van der Waals surface area contributed by atoms with Gasteiger partial charge in [-0.2, -0.15) is 0 Å². The van der Waals surface area contributed by atoms with E-state index in [1.54, 1.807) is 21.0 Å². The molecular formula is C17H26N2O4S. The summed E-state index contributed by atoms with van der Waals surface area (Å²) in [5, 5.41) is 3.15. The van der Waals surface area contributed by atoms with E-state index < -0.39 is 5.97 Å². The molecule has 0 fully saturated rings. The van der Waals surface area contributed by atoms with Crippen LogP contribution in [0, 0.1) is 6.92 Å². The van der Waals surface area contributed by atoms with Crippen LogP contribution in [0.2, 0.25) is 0 Å². The second-order valence-electron chi connectivity index (χ2n) is 5.81. The zero-order valence-corrected chi connectivity index (χ0v) is 15.8. The molecule has 1 heterocycles. The minimum atomic E-state index is -0.553. The maximum atomic E-state index is 12.2. The smallest absolute Gasteiger partial charge is 0.341 e. The lowest BCUT2D eigenvalue weighted by molar-refractivity contribution is -0.116. The van der Waals surface area contributed by atoms with Crippen molar-refractivity contribution >= 4 is 34.1 Å². The van der Waals surface area contributed by atoms with Gasteiger partial charge in [0.05, 0.1) is 17.6 Å². The maximum absolute atomic E-state index is 12.2. The van der Waals surface area contributed by atoms with Crippen LogP contribution in [0.4, 0.5) is 5.00 Å². The summed E-state index contributed by atoms with van der Waals surface area (Å²) in [4.78, 5) is 38.3. The Kier molecular flexibility index (Phi) is 7.91. The highest BCUT2D eigenvalue weighted by molar-refractivity contribution is 7.18. The predicted octanol–water partition coefficient (Wildman–Crippen LogP) is 3.45. The molecule has 0 saturated heterocycles. The Morgan fingerprint density at radius 1 is 1.17 bits per heavy atom. The minimum absolute atomic E-state index is 0.152. The third-order valence-electron chi connectivity index (χ3n) is 3.65. The van der Waals surface area contributed by atoms with Gasteiger partial charge in [0, 0.05) is 20.5 Å². The number of amides is 2. The lowest BCUT2D eigenvalue weighted by Crippen LogP contribution is -2.21. The Labute approximate surface area is 147 Å². The monoisotopic (exact) mass is 354 g/mol. The summed E-state index contributed by atoms with van der Waals surface area (Å²) >= 11 is 1.11. The van der Waals surface area contributed by atoms with E-state index in [2.05, 4.69) is 12.2 Å². The van der Waals surface area contributed by atoms with Gasteiger partial charge < -0.3 is 15.0 Å². The maximum Gasteiger partial charge on any atom is 0.341 e. The Balaban J connectivity index is 2.99. The molecule has 0 aliphatic rings. The molecule has 7 heteroatoms. The summed E-state index contributed by atoms with van der Waals surface area (Å²) < 4.78 is 4.80. The van der Waals surface area contributed by atoms with Crippen molar-refractivity contribution in [1.82, 2.24) is 4.90 Å². The Hall–Kier alpha value is -1.89. The van der Waals surface area contributed by atoms with Crippen LogP contribution in [0.3, 0.4) is 0 Å². The van der Waals surface area contributed by atoms with E-state index in [1.807, 2.05) is 0 Å². The molecule has 0 aliphatic carbocycles. The first kappa shape index (κ1) is 20.2. The predicted molar refractivity (Wildman–Crippen MR) is 95.8 cm³/mol. The molecule has 0 unspecified atom stereocenters. The summed E-state index contributed by atoms with van der Waals surface area (Å²) in [5.41, 5.74) is 0.793. The van der Waals surface area contributed by atoms with E-state index in [9.17, 15) is 14.4 Å². The van der Waals surface area contributed by atoms with E-state index in [1.165, 1.54) is 12.0 Å². The molecule has 1 aromatic rings. The van der Waals surface area contributed by atoms with Crippen LogP contribution >= 0.6 is 11.3 Å². The van der Waals surface area contributed by atoms with E-state index in [0.717, 1.165) is 37.0 Å².